The number of nitrogens with zero attached hydrogens (tertiary/aromatic N) is 2. The second kappa shape index (κ2) is 5.69. The van der Waals surface area contributed by atoms with Crippen LogP contribution in [-0.4, -0.2) is 27.5 Å². The Kier molecular flexibility index (Phi) is 3.75. The predicted octanol–water partition coefficient (Wildman–Crippen LogP) is 2.98. The van der Waals surface area contributed by atoms with E-state index in [0.717, 1.165) is 24.9 Å². The van der Waals surface area contributed by atoms with Gasteiger partial charge >= 0.3 is 5.97 Å². The Bertz CT molecular complexity index is 640. The van der Waals surface area contributed by atoms with Crippen molar-refractivity contribution in [2.45, 2.75) is 32.3 Å². The summed E-state index contributed by atoms with van der Waals surface area (Å²) in [6.07, 6.45) is 3.97. The van der Waals surface area contributed by atoms with Gasteiger partial charge in [-0.05, 0) is 37.0 Å². The quantitative estimate of drug-likeness (QED) is 0.938. The Labute approximate surface area is 123 Å². The molecule has 5 nitrogen and oxygen atoms in total. The summed E-state index contributed by atoms with van der Waals surface area (Å²) in [6, 6.07) is 8.01. The average Bonchev–Trinajstić information content (AvgIpc) is 3.16. The van der Waals surface area contributed by atoms with Crippen molar-refractivity contribution in [3.05, 3.63) is 47.3 Å². The summed E-state index contributed by atoms with van der Waals surface area (Å²) in [6.45, 7) is 2.77. The first-order valence-electron chi connectivity index (χ1n) is 7.23. The van der Waals surface area contributed by atoms with E-state index in [1.165, 1.54) is 11.8 Å². The summed E-state index contributed by atoms with van der Waals surface area (Å²) in [4.78, 5) is 11.4. The Morgan fingerprint density at radius 1 is 1.43 bits per heavy atom. The summed E-state index contributed by atoms with van der Waals surface area (Å²) < 4.78 is 7.36. The van der Waals surface area contributed by atoms with Gasteiger partial charge in [-0.3, -0.25) is 0 Å². The zero-order valence-corrected chi connectivity index (χ0v) is 12.0. The first-order chi connectivity index (χ1) is 10.2. The molecule has 0 bridgehead atoms. The highest BCUT2D eigenvalue weighted by Gasteiger charge is 2.28. The number of carbonyl (C=O) groups is 1. The highest BCUT2D eigenvalue weighted by Crippen LogP contribution is 2.32. The van der Waals surface area contributed by atoms with Crippen molar-refractivity contribution in [1.82, 2.24) is 9.78 Å². The number of aromatic nitrogens is 2. The summed E-state index contributed by atoms with van der Waals surface area (Å²) in [7, 11) is 0. The monoisotopic (exact) mass is 286 g/mol. The number of carboxylic acids is 1. The lowest BCUT2D eigenvalue weighted by Gasteiger charge is -2.14. The average molecular weight is 286 g/mol. The van der Waals surface area contributed by atoms with Gasteiger partial charge in [0.05, 0.1) is 17.6 Å². The van der Waals surface area contributed by atoms with Crippen molar-refractivity contribution >= 4 is 5.97 Å². The Balaban J connectivity index is 2.06. The molecule has 1 aliphatic rings. The van der Waals surface area contributed by atoms with E-state index in [-0.39, 0.29) is 11.7 Å². The normalized spacial score (nSPS) is 18.0. The maximum Gasteiger partial charge on any atom is 0.339 e. The highest BCUT2D eigenvalue weighted by atomic mass is 16.5. The van der Waals surface area contributed by atoms with E-state index in [2.05, 4.69) is 12.0 Å². The van der Waals surface area contributed by atoms with Gasteiger partial charge in [0.25, 0.3) is 0 Å². The zero-order valence-electron chi connectivity index (χ0n) is 12.0. The molecule has 21 heavy (non-hydrogen) atoms. The molecule has 0 amide bonds. The van der Waals surface area contributed by atoms with Crippen molar-refractivity contribution < 1.29 is 14.6 Å². The third-order valence-corrected chi connectivity index (χ3v) is 3.86. The van der Waals surface area contributed by atoms with Gasteiger partial charge in [-0.2, -0.15) is 5.10 Å². The van der Waals surface area contributed by atoms with Gasteiger partial charge in [0.15, 0.2) is 0 Å². The molecular weight excluding hydrogens is 268 g/mol. The van der Waals surface area contributed by atoms with Crippen molar-refractivity contribution in [1.29, 1.82) is 0 Å². The van der Waals surface area contributed by atoms with Crippen LogP contribution in [0.1, 0.15) is 47.5 Å². The van der Waals surface area contributed by atoms with Gasteiger partial charge in [0.2, 0.25) is 0 Å². The van der Waals surface area contributed by atoms with E-state index < -0.39 is 5.97 Å². The van der Waals surface area contributed by atoms with Crippen LogP contribution in [0.15, 0.2) is 30.5 Å². The highest BCUT2D eigenvalue weighted by molar-refractivity contribution is 5.89. The molecule has 1 saturated heterocycles. The molecule has 1 aromatic heterocycles. The molecule has 110 valence electrons. The molecule has 1 unspecified atom stereocenters. The fourth-order valence-electron chi connectivity index (χ4n) is 2.70. The van der Waals surface area contributed by atoms with E-state index in [0.29, 0.717) is 12.3 Å². The number of rotatable bonds is 4. The second-order valence-electron chi connectivity index (χ2n) is 5.18. The lowest BCUT2D eigenvalue weighted by molar-refractivity contribution is 0.0679. The van der Waals surface area contributed by atoms with Crippen molar-refractivity contribution in [2.75, 3.05) is 6.61 Å². The maximum absolute atomic E-state index is 11.4. The molecule has 0 spiro atoms. The first kappa shape index (κ1) is 13.8. The molecule has 1 atom stereocenters. The summed E-state index contributed by atoms with van der Waals surface area (Å²) in [5.41, 5.74) is 2.97. The van der Waals surface area contributed by atoms with Crippen LogP contribution >= 0.6 is 0 Å². The Morgan fingerprint density at radius 3 is 2.76 bits per heavy atom. The zero-order chi connectivity index (χ0) is 14.8. The van der Waals surface area contributed by atoms with E-state index in [4.69, 9.17) is 4.74 Å². The van der Waals surface area contributed by atoms with E-state index in [9.17, 15) is 9.90 Å². The van der Waals surface area contributed by atoms with Gasteiger partial charge in [-0.1, -0.05) is 19.1 Å². The largest absolute Gasteiger partial charge is 0.478 e. The number of ether oxygens (including phenoxy) is 1. The van der Waals surface area contributed by atoms with E-state index in [1.54, 1.807) is 4.68 Å². The van der Waals surface area contributed by atoms with Gasteiger partial charge < -0.3 is 9.84 Å². The molecule has 0 aliphatic carbocycles. The third-order valence-electron chi connectivity index (χ3n) is 3.86. The van der Waals surface area contributed by atoms with Crippen LogP contribution in [0.2, 0.25) is 0 Å². The molecule has 0 saturated carbocycles. The standard InChI is InChI=1S/C16H18N2O3/c1-2-11-5-7-12(8-6-11)18-15(14-4-3-9-21-14)13(10-17-18)16(19)20/h5-8,10,14H,2-4,9H2,1H3,(H,19,20). The Morgan fingerprint density at radius 2 is 2.19 bits per heavy atom. The van der Waals surface area contributed by atoms with Gasteiger partial charge in [0, 0.05) is 6.61 Å². The molecule has 5 heteroatoms. The number of aryl methyl sites for hydroxylation is 1. The first-order valence-corrected chi connectivity index (χ1v) is 7.23. The SMILES string of the molecule is CCc1ccc(-n2ncc(C(=O)O)c2C2CCCO2)cc1. The minimum absolute atomic E-state index is 0.190. The molecule has 3 rings (SSSR count). The third kappa shape index (κ3) is 2.56. The fraction of sp³-hybridized carbons (Fsp3) is 0.375. The minimum atomic E-state index is -0.961. The Hall–Kier alpha value is -2.14. The van der Waals surface area contributed by atoms with Crippen LogP contribution in [0.5, 0.6) is 0 Å². The molecular formula is C16H18N2O3. The van der Waals surface area contributed by atoms with Crippen LogP contribution in [0.25, 0.3) is 5.69 Å². The number of hydrogen-bond donors (Lipinski definition) is 1. The molecule has 1 aromatic carbocycles. The van der Waals surface area contributed by atoms with Crippen molar-refractivity contribution in [3.63, 3.8) is 0 Å². The molecule has 1 N–H and O–H groups in total. The summed E-state index contributed by atoms with van der Waals surface area (Å²) in [5, 5.41) is 13.6. The van der Waals surface area contributed by atoms with Crippen molar-refractivity contribution in [2.24, 2.45) is 0 Å². The second-order valence-corrected chi connectivity index (χ2v) is 5.18. The maximum atomic E-state index is 11.4. The van der Waals surface area contributed by atoms with Gasteiger partial charge in [0.1, 0.15) is 11.7 Å². The van der Waals surface area contributed by atoms with Crippen LogP contribution in [0, 0.1) is 0 Å². The summed E-state index contributed by atoms with van der Waals surface area (Å²) >= 11 is 0. The molecule has 1 fully saturated rings. The minimum Gasteiger partial charge on any atom is -0.478 e. The van der Waals surface area contributed by atoms with E-state index in [1.807, 2.05) is 24.3 Å². The van der Waals surface area contributed by atoms with Crippen molar-refractivity contribution in [3.8, 4) is 5.69 Å². The molecule has 2 heterocycles. The van der Waals surface area contributed by atoms with Crippen LogP contribution < -0.4 is 0 Å². The van der Waals surface area contributed by atoms with Crippen LogP contribution in [-0.2, 0) is 11.2 Å². The van der Waals surface area contributed by atoms with Crippen LogP contribution in [0.4, 0.5) is 0 Å². The number of hydrogen-bond acceptors (Lipinski definition) is 3. The topological polar surface area (TPSA) is 64.4 Å². The fourth-order valence-corrected chi connectivity index (χ4v) is 2.70. The van der Waals surface area contributed by atoms with Gasteiger partial charge in [-0.15, -0.1) is 0 Å². The molecule has 2 aromatic rings. The smallest absolute Gasteiger partial charge is 0.339 e. The number of aromatic carboxylic acids is 1. The van der Waals surface area contributed by atoms with E-state index >= 15 is 0 Å². The lowest BCUT2D eigenvalue weighted by atomic mass is 10.1. The molecule has 1 aliphatic heterocycles. The predicted molar refractivity (Wildman–Crippen MR) is 77.8 cm³/mol. The van der Waals surface area contributed by atoms with Crippen LogP contribution in [0.3, 0.4) is 0 Å². The number of benzene rings is 1. The number of carboxylic acid groups (broad SMARTS) is 1. The molecule has 0 radical (unpaired) electrons. The lowest BCUT2D eigenvalue weighted by Crippen LogP contribution is -2.11. The van der Waals surface area contributed by atoms with Gasteiger partial charge in [-0.25, -0.2) is 9.48 Å². The summed E-state index contributed by atoms with van der Waals surface area (Å²) in [5.74, 6) is -0.961.